The number of carbonyl (C=O) groups is 2. The van der Waals surface area contributed by atoms with E-state index in [0.717, 1.165) is 12.3 Å². The fourth-order valence-corrected chi connectivity index (χ4v) is 5.00. The van der Waals surface area contributed by atoms with Crippen LogP contribution < -0.4 is 5.32 Å². The van der Waals surface area contributed by atoms with Crippen LogP contribution in [0.3, 0.4) is 0 Å². The summed E-state index contributed by atoms with van der Waals surface area (Å²) in [5.41, 5.74) is -3.77. The highest BCUT2D eigenvalue weighted by Crippen LogP contribution is 2.49. The molecular formula is C24H19F8N3O2. The van der Waals surface area contributed by atoms with Crippen molar-refractivity contribution in [2.75, 3.05) is 0 Å². The van der Waals surface area contributed by atoms with Gasteiger partial charge in [-0.15, -0.1) is 0 Å². The second-order valence-electron chi connectivity index (χ2n) is 9.63. The zero-order valence-electron chi connectivity index (χ0n) is 18.8. The summed E-state index contributed by atoms with van der Waals surface area (Å²) >= 11 is 0. The van der Waals surface area contributed by atoms with Crippen molar-refractivity contribution >= 4 is 11.8 Å². The van der Waals surface area contributed by atoms with Gasteiger partial charge in [-0.25, -0.2) is 8.78 Å². The first-order chi connectivity index (χ1) is 17.3. The molecule has 3 aliphatic rings. The van der Waals surface area contributed by atoms with Crippen LogP contribution in [0.2, 0.25) is 0 Å². The van der Waals surface area contributed by atoms with Crippen molar-refractivity contribution < 1.29 is 44.7 Å². The molecule has 0 bridgehead atoms. The van der Waals surface area contributed by atoms with E-state index in [1.54, 1.807) is 0 Å². The Bertz CT molecular complexity index is 1260. The molecule has 1 N–H and O–H groups in total. The van der Waals surface area contributed by atoms with E-state index in [2.05, 4.69) is 10.3 Å². The predicted octanol–water partition coefficient (Wildman–Crippen LogP) is 5.27. The number of hydrogen-bond acceptors (Lipinski definition) is 3. The number of aromatic nitrogens is 1. The fourth-order valence-electron chi connectivity index (χ4n) is 5.00. The lowest BCUT2D eigenvalue weighted by Gasteiger charge is -2.29. The number of pyridine rings is 1. The molecule has 1 aliphatic heterocycles. The zero-order chi connectivity index (χ0) is 26.9. The number of halogens is 8. The number of hydrogen-bond donors (Lipinski definition) is 1. The number of nitrogens with one attached hydrogen (secondary N) is 1. The summed E-state index contributed by atoms with van der Waals surface area (Å²) in [6.45, 7) is 0. The van der Waals surface area contributed by atoms with Gasteiger partial charge in [-0.05, 0) is 61.8 Å². The molecule has 0 spiro atoms. The number of benzene rings is 1. The molecule has 2 amide bonds. The van der Waals surface area contributed by atoms with Crippen LogP contribution in [0.4, 0.5) is 35.1 Å². The highest BCUT2D eigenvalue weighted by atomic mass is 19.4. The molecule has 2 saturated carbocycles. The molecule has 198 valence electrons. The van der Waals surface area contributed by atoms with Crippen molar-refractivity contribution in [3.63, 3.8) is 0 Å². The van der Waals surface area contributed by atoms with Crippen molar-refractivity contribution in [2.45, 2.75) is 56.2 Å². The molecule has 1 unspecified atom stereocenters. The Morgan fingerprint density at radius 2 is 1.68 bits per heavy atom. The molecule has 2 aromatic rings. The summed E-state index contributed by atoms with van der Waals surface area (Å²) in [6, 6.07) is -0.389. The van der Waals surface area contributed by atoms with Crippen LogP contribution in [-0.2, 0) is 17.1 Å². The van der Waals surface area contributed by atoms with Gasteiger partial charge in [-0.1, -0.05) is 0 Å². The van der Waals surface area contributed by atoms with Crippen molar-refractivity contribution in [3.8, 4) is 0 Å². The van der Waals surface area contributed by atoms with E-state index in [0.29, 0.717) is 31.4 Å². The summed E-state index contributed by atoms with van der Waals surface area (Å²) in [5.74, 6) is -4.92. The Labute approximate surface area is 204 Å². The lowest BCUT2D eigenvalue weighted by atomic mass is 9.98. The van der Waals surface area contributed by atoms with Gasteiger partial charge in [0.05, 0.1) is 11.6 Å². The minimum Gasteiger partial charge on any atom is -0.347 e. The van der Waals surface area contributed by atoms with E-state index in [1.165, 1.54) is 4.90 Å². The Morgan fingerprint density at radius 3 is 2.30 bits per heavy atom. The molecule has 5 nitrogen and oxygen atoms in total. The number of amides is 2. The van der Waals surface area contributed by atoms with Gasteiger partial charge in [-0.2, -0.15) is 26.3 Å². The molecule has 37 heavy (non-hydrogen) atoms. The maximum absolute atomic E-state index is 14.7. The summed E-state index contributed by atoms with van der Waals surface area (Å²) in [5, 5.41) is 2.56. The highest BCUT2D eigenvalue weighted by Gasteiger charge is 2.56. The molecular weight excluding hydrogens is 514 g/mol. The topological polar surface area (TPSA) is 62.3 Å². The summed E-state index contributed by atoms with van der Waals surface area (Å²) in [7, 11) is 0. The Morgan fingerprint density at radius 1 is 0.973 bits per heavy atom. The Balaban J connectivity index is 1.39. The van der Waals surface area contributed by atoms with Crippen LogP contribution >= 0.6 is 0 Å². The monoisotopic (exact) mass is 533 g/mol. The lowest BCUT2D eigenvalue weighted by Crippen LogP contribution is -2.49. The molecule has 13 heteroatoms. The minimum atomic E-state index is -5.10. The molecule has 5 rings (SSSR count). The number of fused-ring (bicyclic) bond motifs is 1. The quantitative estimate of drug-likeness (QED) is 0.533. The summed E-state index contributed by atoms with van der Waals surface area (Å²) in [4.78, 5) is 30.8. The Hall–Kier alpha value is -3.25. The maximum atomic E-state index is 14.7. The van der Waals surface area contributed by atoms with Gasteiger partial charge in [0.15, 0.2) is 0 Å². The van der Waals surface area contributed by atoms with Crippen LogP contribution in [-0.4, -0.2) is 33.8 Å². The lowest BCUT2D eigenvalue weighted by molar-refractivity contribution is -0.141. The average Bonchev–Trinajstić information content (AvgIpc) is 3.75. The average molecular weight is 533 g/mol. The van der Waals surface area contributed by atoms with Crippen molar-refractivity contribution in [3.05, 3.63) is 64.5 Å². The van der Waals surface area contributed by atoms with E-state index in [4.69, 9.17) is 0 Å². The number of rotatable bonds is 5. The molecule has 2 heterocycles. The van der Waals surface area contributed by atoms with Gasteiger partial charge in [0.25, 0.3) is 5.91 Å². The van der Waals surface area contributed by atoms with Crippen LogP contribution in [0.15, 0.2) is 30.5 Å². The van der Waals surface area contributed by atoms with Gasteiger partial charge in [0, 0.05) is 23.4 Å². The molecule has 3 fully saturated rings. The van der Waals surface area contributed by atoms with Crippen molar-refractivity contribution in [1.82, 2.24) is 15.2 Å². The minimum absolute atomic E-state index is 0.0387. The number of carbonyl (C=O) groups excluding carboxylic acids is 2. The number of piperidine rings is 1. The van der Waals surface area contributed by atoms with Gasteiger partial charge in [0.1, 0.15) is 23.4 Å². The van der Waals surface area contributed by atoms with E-state index in [1.807, 2.05) is 0 Å². The van der Waals surface area contributed by atoms with Crippen LogP contribution in [0.25, 0.3) is 0 Å². The molecule has 1 saturated heterocycles. The van der Waals surface area contributed by atoms with Gasteiger partial charge >= 0.3 is 12.4 Å². The molecule has 4 atom stereocenters. The van der Waals surface area contributed by atoms with Crippen LogP contribution in [0, 0.1) is 23.5 Å². The van der Waals surface area contributed by atoms with Crippen LogP contribution in [0.5, 0.6) is 0 Å². The number of alkyl halides is 6. The first-order valence-electron chi connectivity index (χ1n) is 11.5. The zero-order valence-corrected chi connectivity index (χ0v) is 18.8. The SMILES string of the molecule is O=C(NC(c1cc(F)c(C(F)(F)F)cc1F)C1CC1)[C@H]1C[C@H]2C[C@H]2N1C(=O)c1ccnc(C(F)(F)F)c1. The third-order valence-electron chi connectivity index (χ3n) is 7.06. The summed E-state index contributed by atoms with van der Waals surface area (Å²) < 4.78 is 107. The standard InChI is InChI=1S/C24H19F8N3O2/c25-15-9-14(23(27,28)29)16(26)8-13(15)20(10-1-2-10)34-21(36)18-6-12-5-17(12)35(18)22(37)11-3-4-33-19(7-11)24(30,31)32/h3-4,7-10,12,17-18,20H,1-2,5-6H2,(H,34,36)/t12-,17-,18-,20?/m1/s1. The Kier molecular flexibility index (Phi) is 5.94. The van der Waals surface area contributed by atoms with E-state index >= 15 is 0 Å². The third-order valence-corrected chi connectivity index (χ3v) is 7.06. The largest absolute Gasteiger partial charge is 0.433 e. The summed E-state index contributed by atoms with van der Waals surface area (Å²) in [6.07, 6.45) is -7.22. The molecule has 2 aliphatic carbocycles. The number of likely N-dealkylation sites (tertiary alicyclic amines) is 1. The van der Waals surface area contributed by atoms with Crippen molar-refractivity contribution in [2.24, 2.45) is 11.8 Å². The maximum Gasteiger partial charge on any atom is 0.433 e. The third kappa shape index (κ3) is 4.87. The predicted molar refractivity (Wildman–Crippen MR) is 111 cm³/mol. The second-order valence-corrected chi connectivity index (χ2v) is 9.63. The van der Waals surface area contributed by atoms with E-state index in [-0.39, 0.29) is 35.9 Å². The van der Waals surface area contributed by atoms with Gasteiger partial charge in [-0.3, -0.25) is 14.6 Å². The fraction of sp³-hybridized carbons (Fsp3) is 0.458. The molecule has 0 radical (unpaired) electrons. The van der Waals surface area contributed by atoms with Gasteiger partial charge in [0.2, 0.25) is 5.91 Å². The number of nitrogens with zero attached hydrogens (tertiary/aromatic N) is 2. The smallest absolute Gasteiger partial charge is 0.347 e. The van der Waals surface area contributed by atoms with Crippen molar-refractivity contribution in [1.29, 1.82) is 0 Å². The molecule has 1 aromatic heterocycles. The normalized spacial score (nSPS) is 24.0. The highest BCUT2D eigenvalue weighted by molar-refractivity contribution is 5.98. The van der Waals surface area contributed by atoms with E-state index in [9.17, 15) is 44.7 Å². The first kappa shape index (κ1) is 25.4. The van der Waals surface area contributed by atoms with Gasteiger partial charge < -0.3 is 10.2 Å². The molecule has 1 aromatic carbocycles. The first-order valence-corrected chi connectivity index (χ1v) is 11.5. The van der Waals surface area contributed by atoms with E-state index < -0.39 is 64.7 Å². The van der Waals surface area contributed by atoms with Crippen LogP contribution in [0.1, 0.15) is 58.9 Å². The second kappa shape index (κ2) is 8.66.